The first kappa shape index (κ1) is 16.7. The van der Waals surface area contributed by atoms with E-state index in [0.29, 0.717) is 23.9 Å². The van der Waals surface area contributed by atoms with Crippen LogP contribution in [0.2, 0.25) is 5.02 Å². The molecule has 0 radical (unpaired) electrons. The number of hydrogen-bond donors (Lipinski definition) is 2. The molecule has 9 heteroatoms. The molecule has 1 aromatic carbocycles. The highest BCUT2D eigenvalue weighted by atomic mass is 35.5. The number of nitrogens with zero attached hydrogens (tertiary/aromatic N) is 4. The number of likely N-dealkylation sites (tertiary alicyclic amines) is 1. The largest absolute Gasteiger partial charge is 0.389 e. The summed E-state index contributed by atoms with van der Waals surface area (Å²) in [5, 5.41) is 21.2. The van der Waals surface area contributed by atoms with Gasteiger partial charge in [0.1, 0.15) is 0 Å². The Bertz CT molecular complexity index is 709. The number of aliphatic hydroxyl groups is 1. The Kier molecular flexibility index (Phi) is 4.98. The average molecular weight is 352 g/mol. The van der Waals surface area contributed by atoms with Crippen LogP contribution in [0.1, 0.15) is 11.6 Å². The minimum absolute atomic E-state index is 0.226. The Morgan fingerprint density at radius 2 is 2.33 bits per heavy atom. The number of anilines is 1. The predicted molar refractivity (Wildman–Crippen MR) is 87.8 cm³/mol. The fraction of sp³-hybridized carbons (Fsp3) is 0.400. The number of methoxy groups -OCH3 is 1. The van der Waals surface area contributed by atoms with Crippen molar-refractivity contribution in [3.05, 3.63) is 41.2 Å². The minimum Gasteiger partial charge on any atom is -0.389 e. The third-order valence-corrected chi connectivity index (χ3v) is 4.17. The van der Waals surface area contributed by atoms with E-state index in [9.17, 15) is 9.90 Å². The van der Waals surface area contributed by atoms with Crippen molar-refractivity contribution < 1.29 is 14.6 Å². The van der Waals surface area contributed by atoms with Gasteiger partial charge < -0.3 is 20.1 Å². The molecule has 2 heterocycles. The standard InChI is InChI=1S/C15H18ClN5O3/c1-24-9-10-6-11(16)2-3-12(10)18-15(23)20-7-13(14(22)8-20)21-5-4-17-19-21/h2-6,13-14,22H,7-9H2,1H3,(H,18,23)/t13-,14-/m1/s1. The van der Waals surface area contributed by atoms with E-state index in [0.717, 1.165) is 5.56 Å². The van der Waals surface area contributed by atoms with E-state index in [2.05, 4.69) is 15.6 Å². The Hall–Kier alpha value is -2.16. The third kappa shape index (κ3) is 3.50. The van der Waals surface area contributed by atoms with Crippen LogP contribution < -0.4 is 5.32 Å². The first-order valence-corrected chi connectivity index (χ1v) is 7.83. The number of urea groups is 1. The smallest absolute Gasteiger partial charge is 0.322 e. The molecule has 2 N–H and O–H groups in total. The average Bonchev–Trinajstić information content (AvgIpc) is 3.19. The highest BCUT2D eigenvalue weighted by Gasteiger charge is 2.35. The molecule has 1 aliphatic heterocycles. The van der Waals surface area contributed by atoms with E-state index >= 15 is 0 Å². The van der Waals surface area contributed by atoms with Crippen molar-refractivity contribution in [2.75, 3.05) is 25.5 Å². The van der Waals surface area contributed by atoms with E-state index < -0.39 is 6.10 Å². The Labute approximate surface area is 144 Å². The number of benzene rings is 1. The van der Waals surface area contributed by atoms with Crippen molar-refractivity contribution in [2.45, 2.75) is 18.8 Å². The number of halogens is 1. The van der Waals surface area contributed by atoms with Crippen molar-refractivity contribution >= 4 is 23.3 Å². The quantitative estimate of drug-likeness (QED) is 0.871. The lowest BCUT2D eigenvalue weighted by Crippen LogP contribution is -2.34. The van der Waals surface area contributed by atoms with Crippen LogP contribution in [0.3, 0.4) is 0 Å². The van der Waals surface area contributed by atoms with Crippen molar-refractivity contribution in [1.82, 2.24) is 19.9 Å². The monoisotopic (exact) mass is 351 g/mol. The van der Waals surface area contributed by atoms with Crippen LogP contribution >= 0.6 is 11.6 Å². The number of rotatable bonds is 4. The van der Waals surface area contributed by atoms with E-state index in [1.807, 2.05) is 0 Å². The van der Waals surface area contributed by atoms with Crippen LogP contribution in [-0.4, -0.2) is 57.3 Å². The molecular formula is C15H18ClN5O3. The lowest BCUT2D eigenvalue weighted by atomic mass is 10.2. The Morgan fingerprint density at radius 1 is 1.50 bits per heavy atom. The highest BCUT2D eigenvalue weighted by molar-refractivity contribution is 6.30. The number of ether oxygens (including phenoxy) is 1. The molecule has 0 aliphatic carbocycles. The molecule has 0 unspecified atom stereocenters. The van der Waals surface area contributed by atoms with E-state index in [-0.39, 0.29) is 18.6 Å². The fourth-order valence-corrected chi connectivity index (χ4v) is 2.94. The lowest BCUT2D eigenvalue weighted by molar-refractivity contribution is 0.139. The minimum atomic E-state index is -0.693. The number of carbonyl (C=O) groups is 1. The number of aliphatic hydroxyl groups excluding tert-OH is 1. The molecule has 128 valence electrons. The van der Waals surface area contributed by atoms with Gasteiger partial charge in [-0.05, 0) is 18.2 Å². The fourth-order valence-electron chi connectivity index (χ4n) is 2.74. The number of aromatic nitrogens is 3. The number of β-amino-alcohol motifs (C(OH)–C–C–N with tert-alkyl or cyclic N) is 1. The van der Waals surface area contributed by atoms with E-state index in [1.54, 1.807) is 47.3 Å². The summed E-state index contributed by atoms with van der Waals surface area (Å²) in [7, 11) is 1.58. The van der Waals surface area contributed by atoms with Crippen LogP contribution in [0.25, 0.3) is 0 Å². The maximum absolute atomic E-state index is 12.5. The van der Waals surface area contributed by atoms with E-state index in [4.69, 9.17) is 16.3 Å². The van der Waals surface area contributed by atoms with E-state index in [1.165, 1.54) is 0 Å². The zero-order chi connectivity index (χ0) is 17.1. The Balaban J connectivity index is 1.70. The predicted octanol–water partition coefficient (Wildman–Crippen LogP) is 1.53. The van der Waals surface area contributed by atoms with Crippen molar-refractivity contribution in [1.29, 1.82) is 0 Å². The first-order chi connectivity index (χ1) is 11.6. The summed E-state index contributed by atoms with van der Waals surface area (Å²) in [4.78, 5) is 14.0. The van der Waals surface area contributed by atoms with Gasteiger partial charge in [-0.1, -0.05) is 16.8 Å². The van der Waals surface area contributed by atoms with Gasteiger partial charge in [0.05, 0.1) is 31.5 Å². The van der Waals surface area contributed by atoms with Crippen LogP contribution in [0.5, 0.6) is 0 Å². The molecule has 2 aromatic rings. The molecule has 24 heavy (non-hydrogen) atoms. The second kappa shape index (κ2) is 7.16. The molecule has 2 atom stereocenters. The van der Waals surface area contributed by atoms with Crippen molar-refractivity contribution in [2.24, 2.45) is 0 Å². The molecule has 0 bridgehead atoms. The molecule has 3 rings (SSSR count). The van der Waals surface area contributed by atoms with Gasteiger partial charge in [0, 0.05) is 36.1 Å². The molecule has 0 spiro atoms. The summed E-state index contributed by atoms with van der Waals surface area (Å²) in [6.45, 7) is 0.910. The third-order valence-electron chi connectivity index (χ3n) is 3.94. The first-order valence-electron chi connectivity index (χ1n) is 7.45. The van der Waals surface area contributed by atoms with Gasteiger partial charge in [0.2, 0.25) is 0 Å². The number of hydrogen-bond acceptors (Lipinski definition) is 5. The summed E-state index contributed by atoms with van der Waals surface area (Å²) < 4.78 is 6.70. The normalized spacial score (nSPS) is 20.4. The second-order valence-electron chi connectivity index (χ2n) is 5.59. The molecule has 1 fully saturated rings. The number of carbonyl (C=O) groups excluding carboxylic acids is 1. The molecule has 8 nitrogen and oxygen atoms in total. The topological polar surface area (TPSA) is 92.5 Å². The molecule has 0 saturated carbocycles. The maximum atomic E-state index is 12.5. The van der Waals surface area contributed by atoms with Crippen molar-refractivity contribution in [3.8, 4) is 0 Å². The van der Waals surface area contributed by atoms with Crippen LogP contribution in [0.4, 0.5) is 10.5 Å². The van der Waals surface area contributed by atoms with Crippen LogP contribution in [0.15, 0.2) is 30.6 Å². The summed E-state index contributed by atoms with van der Waals surface area (Å²) in [6, 6.07) is 4.58. The van der Waals surface area contributed by atoms with Gasteiger partial charge >= 0.3 is 6.03 Å². The maximum Gasteiger partial charge on any atom is 0.322 e. The SMILES string of the molecule is COCc1cc(Cl)ccc1NC(=O)N1C[C@@H](O)[C@H](n2ccnn2)C1. The van der Waals surface area contributed by atoms with Crippen LogP contribution in [0, 0.1) is 0 Å². The molecule has 1 saturated heterocycles. The van der Waals surface area contributed by atoms with Gasteiger partial charge in [-0.15, -0.1) is 5.10 Å². The lowest BCUT2D eigenvalue weighted by Gasteiger charge is -2.18. The summed E-state index contributed by atoms with van der Waals surface area (Å²) in [6.07, 6.45) is 2.52. The molecule has 1 aliphatic rings. The molecular weight excluding hydrogens is 334 g/mol. The highest BCUT2D eigenvalue weighted by Crippen LogP contribution is 2.25. The second-order valence-corrected chi connectivity index (χ2v) is 6.02. The number of amides is 2. The summed E-state index contributed by atoms with van der Waals surface area (Å²) in [5.74, 6) is 0. The van der Waals surface area contributed by atoms with Gasteiger partial charge in [-0.3, -0.25) is 0 Å². The van der Waals surface area contributed by atoms with Gasteiger partial charge in [-0.25, -0.2) is 9.48 Å². The van der Waals surface area contributed by atoms with Crippen molar-refractivity contribution in [3.63, 3.8) is 0 Å². The Morgan fingerprint density at radius 3 is 3.04 bits per heavy atom. The molecule has 2 amide bonds. The zero-order valence-corrected chi connectivity index (χ0v) is 13.8. The van der Waals surface area contributed by atoms with Crippen LogP contribution in [-0.2, 0) is 11.3 Å². The summed E-state index contributed by atoms with van der Waals surface area (Å²) in [5.41, 5.74) is 1.41. The molecule has 1 aromatic heterocycles. The van der Waals surface area contributed by atoms with Gasteiger partial charge in [0.15, 0.2) is 0 Å². The summed E-state index contributed by atoms with van der Waals surface area (Å²) >= 11 is 5.98. The van der Waals surface area contributed by atoms with Gasteiger partial charge in [0.25, 0.3) is 0 Å². The number of nitrogens with one attached hydrogen (secondary N) is 1. The zero-order valence-electron chi connectivity index (χ0n) is 13.1. The van der Waals surface area contributed by atoms with Gasteiger partial charge in [-0.2, -0.15) is 0 Å².